The first-order valence-electron chi connectivity index (χ1n) is 10.2. The third kappa shape index (κ3) is 4.39. The van der Waals surface area contributed by atoms with Gasteiger partial charge in [-0.3, -0.25) is 14.4 Å². The van der Waals surface area contributed by atoms with Crippen LogP contribution >= 0.6 is 11.3 Å². The second-order valence-corrected chi connectivity index (χ2v) is 8.78. The third-order valence-electron chi connectivity index (χ3n) is 5.51. The van der Waals surface area contributed by atoms with Crippen molar-refractivity contribution in [1.29, 1.82) is 0 Å². The van der Waals surface area contributed by atoms with Crippen molar-refractivity contribution >= 4 is 40.4 Å². The van der Waals surface area contributed by atoms with E-state index in [0.717, 1.165) is 11.3 Å². The lowest BCUT2D eigenvalue weighted by molar-refractivity contribution is -0.125. The lowest BCUT2D eigenvalue weighted by Crippen LogP contribution is -2.57. The molecule has 9 heteroatoms. The number of aryl methyl sites for hydroxylation is 1. The van der Waals surface area contributed by atoms with Crippen LogP contribution in [0.5, 0.6) is 0 Å². The van der Waals surface area contributed by atoms with Crippen molar-refractivity contribution in [3.05, 3.63) is 45.6 Å². The molecule has 0 unspecified atom stereocenters. The summed E-state index contributed by atoms with van der Waals surface area (Å²) in [5.74, 6) is 1.68. The molecule has 32 heavy (non-hydrogen) atoms. The van der Waals surface area contributed by atoms with Crippen LogP contribution < -0.4 is 15.5 Å². The van der Waals surface area contributed by atoms with Crippen molar-refractivity contribution in [2.45, 2.75) is 18.9 Å². The molecule has 0 radical (unpaired) electrons. The Bertz CT molecular complexity index is 1100. The number of terminal acetylenes is 1. The minimum absolute atomic E-state index is 0.0627. The van der Waals surface area contributed by atoms with Gasteiger partial charge in [0.05, 0.1) is 23.0 Å². The van der Waals surface area contributed by atoms with Gasteiger partial charge in [0.25, 0.3) is 17.7 Å². The molecule has 1 aromatic carbocycles. The van der Waals surface area contributed by atoms with Crippen LogP contribution in [0.2, 0.25) is 0 Å². The standard InChI is InChI=1S/C23H23N3O5S/c1-3-17-5-7-19(32-17)21(28)25-23(8-10-31-14-23)22(29)24-16-4-6-18(15(2)12-16)26-9-11-30-13-20(26)27/h1,4-7,12H,8-11,13-14H2,2H3,(H,24,29)(H,25,28)/t23-/m1/s1. The van der Waals surface area contributed by atoms with Crippen molar-refractivity contribution in [3.8, 4) is 12.3 Å². The first-order valence-corrected chi connectivity index (χ1v) is 11.0. The van der Waals surface area contributed by atoms with Gasteiger partial charge in [-0.25, -0.2) is 0 Å². The van der Waals surface area contributed by atoms with Crippen LogP contribution in [-0.4, -0.2) is 56.2 Å². The molecule has 2 aliphatic heterocycles. The van der Waals surface area contributed by atoms with E-state index in [4.69, 9.17) is 15.9 Å². The Morgan fingerprint density at radius 1 is 1.22 bits per heavy atom. The fraction of sp³-hybridized carbons (Fsp3) is 0.348. The van der Waals surface area contributed by atoms with E-state index in [1.54, 1.807) is 35.2 Å². The van der Waals surface area contributed by atoms with Crippen LogP contribution in [0.1, 0.15) is 26.5 Å². The molecule has 2 N–H and O–H groups in total. The predicted octanol–water partition coefficient (Wildman–Crippen LogP) is 1.93. The number of carbonyl (C=O) groups is 3. The van der Waals surface area contributed by atoms with E-state index in [-0.39, 0.29) is 30.9 Å². The van der Waals surface area contributed by atoms with Gasteiger partial charge in [-0.05, 0) is 42.8 Å². The SMILES string of the molecule is C#Cc1ccc(C(=O)N[C@]2(C(=O)Nc3ccc(N4CCOCC4=O)c(C)c3)CCOC2)s1. The highest BCUT2D eigenvalue weighted by Gasteiger charge is 2.44. The molecule has 0 aliphatic carbocycles. The predicted molar refractivity (Wildman–Crippen MR) is 121 cm³/mol. The van der Waals surface area contributed by atoms with Crippen molar-refractivity contribution in [2.24, 2.45) is 0 Å². The summed E-state index contributed by atoms with van der Waals surface area (Å²) in [5, 5.41) is 5.74. The van der Waals surface area contributed by atoms with Crippen LogP contribution in [-0.2, 0) is 19.1 Å². The number of amides is 3. The molecule has 1 aromatic heterocycles. The second-order valence-electron chi connectivity index (χ2n) is 7.70. The number of nitrogens with zero attached hydrogens (tertiary/aromatic N) is 1. The minimum Gasteiger partial charge on any atom is -0.378 e. The quantitative estimate of drug-likeness (QED) is 0.675. The Hall–Kier alpha value is -3.19. The van der Waals surface area contributed by atoms with Gasteiger partial charge in [-0.15, -0.1) is 17.8 Å². The molecule has 166 valence electrons. The van der Waals surface area contributed by atoms with Gasteiger partial charge in [0.2, 0.25) is 0 Å². The first-order chi connectivity index (χ1) is 15.4. The highest BCUT2D eigenvalue weighted by atomic mass is 32.1. The van der Waals surface area contributed by atoms with E-state index in [0.29, 0.717) is 41.6 Å². The van der Waals surface area contributed by atoms with Crippen molar-refractivity contribution in [2.75, 3.05) is 43.2 Å². The maximum absolute atomic E-state index is 13.2. The molecule has 2 fully saturated rings. The molecule has 2 saturated heterocycles. The normalized spacial score (nSPS) is 20.6. The Morgan fingerprint density at radius 3 is 2.72 bits per heavy atom. The molecule has 0 spiro atoms. The van der Waals surface area contributed by atoms with Gasteiger partial charge in [0.15, 0.2) is 0 Å². The molecule has 2 aromatic rings. The molecule has 8 nitrogen and oxygen atoms in total. The summed E-state index contributed by atoms with van der Waals surface area (Å²) in [6.45, 7) is 3.36. The summed E-state index contributed by atoms with van der Waals surface area (Å²) in [6, 6.07) is 8.69. The summed E-state index contributed by atoms with van der Waals surface area (Å²) >= 11 is 1.19. The Kier molecular flexibility index (Phi) is 6.28. The Morgan fingerprint density at radius 2 is 2.06 bits per heavy atom. The molecule has 4 rings (SSSR count). The first kappa shape index (κ1) is 22.0. The highest BCUT2D eigenvalue weighted by Crippen LogP contribution is 2.27. The van der Waals surface area contributed by atoms with Crippen LogP contribution in [0, 0.1) is 19.3 Å². The number of hydrogen-bond donors (Lipinski definition) is 2. The topological polar surface area (TPSA) is 97.0 Å². The molecule has 0 saturated carbocycles. The Labute approximate surface area is 189 Å². The van der Waals surface area contributed by atoms with Crippen molar-refractivity contribution in [1.82, 2.24) is 5.32 Å². The fourth-order valence-electron chi connectivity index (χ4n) is 3.78. The minimum atomic E-state index is -1.18. The summed E-state index contributed by atoms with van der Waals surface area (Å²) < 4.78 is 10.6. The number of hydrogen-bond acceptors (Lipinski definition) is 6. The van der Waals surface area contributed by atoms with Gasteiger partial charge in [0.1, 0.15) is 12.1 Å². The van der Waals surface area contributed by atoms with E-state index in [9.17, 15) is 14.4 Å². The maximum Gasteiger partial charge on any atom is 0.262 e. The van der Waals surface area contributed by atoms with Crippen molar-refractivity contribution in [3.63, 3.8) is 0 Å². The molecule has 3 heterocycles. The molecule has 1 atom stereocenters. The molecular formula is C23H23N3O5S. The molecule has 3 amide bonds. The average molecular weight is 454 g/mol. The van der Waals surface area contributed by atoms with Gasteiger partial charge in [-0.2, -0.15) is 0 Å². The Balaban J connectivity index is 1.49. The number of ether oxygens (including phenoxy) is 2. The maximum atomic E-state index is 13.2. The van der Waals surface area contributed by atoms with Gasteiger partial charge in [0, 0.05) is 30.9 Å². The molecular weight excluding hydrogens is 430 g/mol. The lowest BCUT2D eigenvalue weighted by Gasteiger charge is -2.29. The summed E-state index contributed by atoms with van der Waals surface area (Å²) in [5.41, 5.74) is 1.03. The summed E-state index contributed by atoms with van der Waals surface area (Å²) in [6.07, 6.45) is 5.74. The number of benzene rings is 1. The number of morpholine rings is 1. The van der Waals surface area contributed by atoms with E-state index in [1.165, 1.54) is 11.3 Å². The number of nitrogens with one attached hydrogen (secondary N) is 2. The number of anilines is 2. The van der Waals surface area contributed by atoms with E-state index >= 15 is 0 Å². The largest absolute Gasteiger partial charge is 0.378 e. The lowest BCUT2D eigenvalue weighted by atomic mass is 9.96. The fourth-order valence-corrected chi connectivity index (χ4v) is 4.49. The zero-order valence-electron chi connectivity index (χ0n) is 17.6. The average Bonchev–Trinajstić information content (AvgIpc) is 3.45. The van der Waals surface area contributed by atoms with Gasteiger partial charge >= 0.3 is 0 Å². The van der Waals surface area contributed by atoms with Crippen LogP contribution in [0.25, 0.3) is 0 Å². The smallest absolute Gasteiger partial charge is 0.262 e. The van der Waals surface area contributed by atoms with E-state index in [1.807, 2.05) is 6.92 Å². The molecule has 2 aliphatic rings. The van der Waals surface area contributed by atoms with E-state index in [2.05, 4.69) is 16.6 Å². The number of thiophene rings is 1. The highest BCUT2D eigenvalue weighted by molar-refractivity contribution is 7.14. The summed E-state index contributed by atoms with van der Waals surface area (Å²) in [7, 11) is 0. The zero-order valence-corrected chi connectivity index (χ0v) is 18.4. The zero-order chi connectivity index (χ0) is 22.7. The van der Waals surface area contributed by atoms with Gasteiger partial charge < -0.3 is 25.0 Å². The van der Waals surface area contributed by atoms with Crippen molar-refractivity contribution < 1.29 is 23.9 Å². The van der Waals surface area contributed by atoms with Crippen LogP contribution in [0.15, 0.2) is 30.3 Å². The van der Waals surface area contributed by atoms with E-state index < -0.39 is 5.54 Å². The number of carbonyl (C=O) groups excluding carboxylic acids is 3. The second kappa shape index (κ2) is 9.12. The van der Waals surface area contributed by atoms with Gasteiger partial charge in [-0.1, -0.05) is 5.92 Å². The monoisotopic (exact) mass is 453 g/mol. The number of rotatable bonds is 5. The summed E-state index contributed by atoms with van der Waals surface area (Å²) in [4.78, 5) is 40.8. The third-order valence-corrected chi connectivity index (χ3v) is 6.53. The molecule has 0 bridgehead atoms. The van der Waals surface area contributed by atoms with Crippen LogP contribution in [0.3, 0.4) is 0 Å². The van der Waals surface area contributed by atoms with Crippen LogP contribution in [0.4, 0.5) is 11.4 Å².